The predicted octanol–water partition coefficient (Wildman–Crippen LogP) is 3.86. The number of nitrogens with zero attached hydrogens (tertiary/aromatic N) is 2. The second-order valence-corrected chi connectivity index (χ2v) is 8.93. The van der Waals surface area contributed by atoms with Crippen molar-refractivity contribution in [2.75, 3.05) is 19.6 Å². The van der Waals surface area contributed by atoms with Gasteiger partial charge in [0.25, 0.3) is 0 Å². The topological polar surface area (TPSA) is 54.5 Å². The maximum Gasteiger partial charge on any atom is 0.224 e. The molecule has 1 saturated heterocycles. The molecule has 0 spiro atoms. The Labute approximate surface area is 189 Å². The Morgan fingerprint density at radius 3 is 2.59 bits per heavy atom. The highest BCUT2D eigenvalue weighted by molar-refractivity contribution is 5.79. The van der Waals surface area contributed by atoms with E-state index in [1.54, 1.807) is 0 Å². The van der Waals surface area contributed by atoms with Gasteiger partial charge >= 0.3 is 0 Å². The van der Waals surface area contributed by atoms with Crippen molar-refractivity contribution in [1.29, 1.82) is 0 Å². The van der Waals surface area contributed by atoms with E-state index in [4.69, 9.17) is 4.74 Å². The fourth-order valence-corrected chi connectivity index (χ4v) is 4.76. The molecular weight excluding hydrogens is 398 g/mol. The molecular formula is C27H29N3O2. The lowest BCUT2D eigenvalue weighted by atomic mass is 9.96. The second-order valence-electron chi connectivity index (χ2n) is 8.93. The van der Waals surface area contributed by atoms with E-state index in [0.29, 0.717) is 6.54 Å². The smallest absolute Gasteiger partial charge is 0.224 e. The first kappa shape index (κ1) is 20.7. The van der Waals surface area contributed by atoms with Crippen molar-refractivity contribution in [3.05, 3.63) is 83.7 Å². The Balaban J connectivity index is 1.26. The third-order valence-corrected chi connectivity index (χ3v) is 6.39. The first-order chi connectivity index (χ1) is 15.6. The number of carbonyl (C=O) groups excluding carboxylic acids is 1. The molecule has 0 aliphatic carbocycles. The third-order valence-electron chi connectivity index (χ3n) is 6.39. The van der Waals surface area contributed by atoms with E-state index >= 15 is 0 Å². The molecule has 2 atom stereocenters. The van der Waals surface area contributed by atoms with Crippen molar-refractivity contribution in [3.8, 4) is 16.9 Å². The minimum Gasteiger partial charge on any atom is -0.490 e. The molecule has 1 amide bonds. The van der Waals surface area contributed by atoms with Gasteiger partial charge in [-0.2, -0.15) is 0 Å². The molecule has 3 heterocycles. The molecule has 5 nitrogen and oxygen atoms in total. The summed E-state index contributed by atoms with van der Waals surface area (Å²) in [6, 6.07) is 19.1. The minimum atomic E-state index is -0.0536. The molecule has 32 heavy (non-hydrogen) atoms. The summed E-state index contributed by atoms with van der Waals surface area (Å²) in [6.45, 7) is 5.30. The average Bonchev–Trinajstić information content (AvgIpc) is 3.09. The van der Waals surface area contributed by atoms with Crippen LogP contribution in [0.2, 0.25) is 0 Å². The molecule has 164 valence electrons. The number of nitrogens with one attached hydrogen (secondary N) is 1. The van der Waals surface area contributed by atoms with E-state index in [1.165, 1.54) is 16.7 Å². The van der Waals surface area contributed by atoms with E-state index in [0.717, 1.165) is 49.4 Å². The highest BCUT2D eigenvalue weighted by Crippen LogP contribution is 2.30. The standard InChI is InChI=1S/C27H29N3O2/c1-19-14-24-16-21(4-7-26(24)32-19)17-30-13-12-29-27(31)25(18-30)15-20-2-5-22(6-3-20)23-8-10-28-11-9-23/h2-11,16,19,25H,12-15,17-18H2,1H3,(H,29,31). The van der Waals surface area contributed by atoms with Crippen molar-refractivity contribution >= 4 is 5.91 Å². The van der Waals surface area contributed by atoms with Crippen LogP contribution < -0.4 is 10.1 Å². The van der Waals surface area contributed by atoms with E-state index in [1.807, 2.05) is 24.5 Å². The van der Waals surface area contributed by atoms with E-state index in [9.17, 15) is 4.79 Å². The summed E-state index contributed by atoms with van der Waals surface area (Å²) in [5.74, 6) is 1.12. The van der Waals surface area contributed by atoms with Crippen LogP contribution in [-0.2, 0) is 24.2 Å². The fraction of sp³-hybridized carbons (Fsp3) is 0.333. The predicted molar refractivity (Wildman–Crippen MR) is 125 cm³/mol. The zero-order chi connectivity index (χ0) is 21.9. The number of ether oxygens (including phenoxy) is 1. The molecule has 2 aromatic carbocycles. The van der Waals surface area contributed by atoms with Gasteiger partial charge < -0.3 is 10.1 Å². The Bertz CT molecular complexity index is 1080. The summed E-state index contributed by atoms with van der Waals surface area (Å²) in [5, 5.41) is 3.11. The van der Waals surface area contributed by atoms with Crippen molar-refractivity contribution < 1.29 is 9.53 Å². The Morgan fingerprint density at radius 2 is 1.78 bits per heavy atom. The van der Waals surface area contributed by atoms with E-state index in [-0.39, 0.29) is 17.9 Å². The molecule has 5 heteroatoms. The molecule has 2 unspecified atom stereocenters. The van der Waals surface area contributed by atoms with Gasteiger partial charge in [0, 0.05) is 45.0 Å². The van der Waals surface area contributed by atoms with Gasteiger partial charge in [0.1, 0.15) is 11.9 Å². The SMILES string of the molecule is CC1Cc2cc(CN3CCNC(=O)C(Cc4ccc(-c5ccncc5)cc4)C3)ccc2O1. The summed E-state index contributed by atoms with van der Waals surface area (Å²) < 4.78 is 5.83. The highest BCUT2D eigenvalue weighted by Gasteiger charge is 2.26. The molecule has 0 saturated carbocycles. The van der Waals surface area contributed by atoms with Crippen LogP contribution in [0.4, 0.5) is 0 Å². The fourth-order valence-electron chi connectivity index (χ4n) is 4.76. The Hall–Kier alpha value is -3.18. The van der Waals surface area contributed by atoms with Crippen molar-refractivity contribution in [3.63, 3.8) is 0 Å². The normalized spacial score (nSPS) is 20.8. The van der Waals surface area contributed by atoms with Gasteiger partial charge in [-0.15, -0.1) is 0 Å². The molecule has 1 fully saturated rings. The minimum absolute atomic E-state index is 0.0536. The number of fused-ring (bicyclic) bond motifs is 1. The van der Waals surface area contributed by atoms with Crippen LogP contribution in [0.5, 0.6) is 5.75 Å². The quantitative estimate of drug-likeness (QED) is 0.672. The van der Waals surface area contributed by atoms with Crippen LogP contribution in [0.15, 0.2) is 67.0 Å². The Morgan fingerprint density at radius 1 is 1.03 bits per heavy atom. The lowest BCUT2D eigenvalue weighted by Gasteiger charge is -2.23. The van der Waals surface area contributed by atoms with Crippen molar-refractivity contribution in [2.24, 2.45) is 5.92 Å². The monoisotopic (exact) mass is 427 g/mol. The van der Waals surface area contributed by atoms with Gasteiger partial charge in [-0.3, -0.25) is 14.7 Å². The third kappa shape index (κ3) is 4.68. The van der Waals surface area contributed by atoms with Gasteiger partial charge in [0.05, 0.1) is 5.92 Å². The molecule has 0 radical (unpaired) electrons. The number of aromatic nitrogens is 1. The van der Waals surface area contributed by atoms with Crippen LogP contribution >= 0.6 is 0 Å². The summed E-state index contributed by atoms with van der Waals surface area (Å²) in [7, 11) is 0. The maximum atomic E-state index is 12.7. The van der Waals surface area contributed by atoms with Crippen LogP contribution in [0, 0.1) is 5.92 Å². The van der Waals surface area contributed by atoms with Crippen LogP contribution in [0.1, 0.15) is 23.6 Å². The Kier molecular flexibility index (Phi) is 5.91. The molecule has 2 aliphatic rings. The van der Waals surface area contributed by atoms with Crippen molar-refractivity contribution in [2.45, 2.75) is 32.4 Å². The largest absolute Gasteiger partial charge is 0.490 e. The summed E-state index contributed by atoms with van der Waals surface area (Å²) in [6.07, 6.45) is 5.59. The lowest BCUT2D eigenvalue weighted by molar-refractivity contribution is -0.124. The lowest BCUT2D eigenvalue weighted by Crippen LogP contribution is -2.33. The van der Waals surface area contributed by atoms with Gasteiger partial charge in [0.2, 0.25) is 5.91 Å². The summed E-state index contributed by atoms with van der Waals surface area (Å²) >= 11 is 0. The molecule has 0 bridgehead atoms. The van der Waals surface area contributed by atoms with Gasteiger partial charge in [-0.05, 0) is 59.4 Å². The van der Waals surface area contributed by atoms with Crippen LogP contribution in [-0.4, -0.2) is 41.5 Å². The molecule has 3 aromatic rings. The second kappa shape index (κ2) is 9.13. The van der Waals surface area contributed by atoms with E-state index in [2.05, 4.69) is 64.6 Å². The number of pyridine rings is 1. The number of rotatable bonds is 5. The van der Waals surface area contributed by atoms with Crippen molar-refractivity contribution in [1.82, 2.24) is 15.2 Å². The number of hydrogen-bond donors (Lipinski definition) is 1. The summed E-state index contributed by atoms with van der Waals surface area (Å²) in [5.41, 5.74) is 6.09. The zero-order valence-electron chi connectivity index (χ0n) is 18.5. The number of hydrogen-bond acceptors (Lipinski definition) is 4. The van der Waals surface area contributed by atoms with Gasteiger partial charge in [-0.25, -0.2) is 0 Å². The zero-order valence-corrected chi connectivity index (χ0v) is 18.5. The van der Waals surface area contributed by atoms with Gasteiger partial charge in [-0.1, -0.05) is 36.4 Å². The molecule has 1 aromatic heterocycles. The van der Waals surface area contributed by atoms with Crippen LogP contribution in [0.25, 0.3) is 11.1 Å². The molecule has 5 rings (SSSR count). The summed E-state index contributed by atoms with van der Waals surface area (Å²) in [4.78, 5) is 19.2. The van der Waals surface area contributed by atoms with Gasteiger partial charge in [0.15, 0.2) is 0 Å². The number of benzene rings is 2. The number of carbonyl (C=O) groups is 1. The maximum absolute atomic E-state index is 12.7. The first-order valence-corrected chi connectivity index (χ1v) is 11.4. The highest BCUT2D eigenvalue weighted by atomic mass is 16.5. The molecule has 2 aliphatic heterocycles. The average molecular weight is 428 g/mol. The number of amides is 1. The molecule has 1 N–H and O–H groups in total. The first-order valence-electron chi connectivity index (χ1n) is 11.4. The van der Waals surface area contributed by atoms with Crippen LogP contribution in [0.3, 0.4) is 0 Å². The van der Waals surface area contributed by atoms with E-state index < -0.39 is 0 Å².